The molecule has 0 atom stereocenters. The van der Waals surface area contributed by atoms with Crippen molar-refractivity contribution < 1.29 is 19.2 Å². The summed E-state index contributed by atoms with van der Waals surface area (Å²) in [5.41, 5.74) is 6.78. The van der Waals surface area contributed by atoms with Crippen LogP contribution in [0.25, 0.3) is 22.6 Å². The molecule has 7 heteroatoms. The quantitative estimate of drug-likeness (QED) is 0.240. The lowest BCUT2D eigenvalue weighted by molar-refractivity contribution is -0.125. The number of aromatic nitrogens is 1. The van der Waals surface area contributed by atoms with Crippen molar-refractivity contribution >= 4 is 34.4 Å². The molecule has 2 amide bonds. The topological polar surface area (TPSA) is 85.4 Å². The molecule has 0 aliphatic carbocycles. The molecule has 0 fully saturated rings. The minimum absolute atomic E-state index is 0.181. The largest absolute Gasteiger partial charge is 0.361 e. The zero-order valence-corrected chi connectivity index (χ0v) is 18.2. The lowest BCUT2D eigenvalue weighted by Crippen LogP contribution is -2.36. The molecule has 0 saturated heterocycles. The molecule has 1 aliphatic heterocycles. The summed E-state index contributed by atoms with van der Waals surface area (Å²) in [6, 6.07) is 18.9. The van der Waals surface area contributed by atoms with Gasteiger partial charge >= 0.3 is 0 Å². The van der Waals surface area contributed by atoms with Crippen LogP contribution in [0.1, 0.15) is 32.6 Å². The normalized spacial score (nSPS) is 13.6. The molecule has 0 saturated carbocycles. The molecule has 2 heterocycles. The highest BCUT2D eigenvalue weighted by Crippen LogP contribution is 2.28. The SMILES string of the molecule is O=C(NO)c1ccc2c(c1)CN(C(=O)C(=Cc1c[nH]c3ccccc13)c1ccc(F)cc1)CC2. The molecule has 0 unspecified atom stereocenters. The number of hydroxylamine groups is 1. The predicted molar refractivity (Wildman–Crippen MR) is 127 cm³/mol. The van der Waals surface area contributed by atoms with Gasteiger partial charge in [0, 0.05) is 46.9 Å². The van der Waals surface area contributed by atoms with Crippen LogP contribution in [0.5, 0.6) is 0 Å². The van der Waals surface area contributed by atoms with Crippen LogP contribution in [0.3, 0.4) is 0 Å². The van der Waals surface area contributed by atoms with Gasteiger partial charge in [-0.3, -0.25) is 14.8 Å². The Hall–Kier alpha value is -4.23. The molecule has 4 aromatic rings. The van der Waals surface area contributed by atoms with Crippen LogP contribution in [-0.2, 0) is 17.8 Å². The zero-order valence-electron chi connectivity index (χ0n) is 18.2. The number of fused-ring (bicyclic) bond motifs is 2. The number of halogens is 1. The van der Waals surface area contributed by atoms with E-state index in [0.29, 0.717) is 36.2 Å². The summed E-state index contributed by atoms with van der Waals surface area (Å²) >= 11 is 0. The van der Waals surface area contributed by atoms with Crippen molar-refractivity contribution in [1.82, 2.24) is 15.4 Å². The molecule has 0 bridgehead atoms. The third-order valence-electron chi connectivity index (χ3n) is 6.18. The van der Waals surface area contributed by atoms with E-state index < -0.39 is 5.91 Å². The fraction of sp³-hybridized carbons (Fsp3) is 0.111. The van der Waals surface area contributed by atoms with Crippen molar-refractivity contribution in [2.75, 3.05) is 6.54 Å². The van der Waals surface area contributed by atoms with Gasteiger partial charge in [-0.15, -0.1) is 0 Å². The summed E-state index contributed by atoms with van der Waals surface area (Å²) in [6.07, 6.45) is 4.33. The number of hydrogen-bond acceptors (Lipinski definition) is 3. The standard InChI is InChI=1S/C27H22FN3O3/c28-22-9-7-18(8-10-22)24(14-20-15-29-25-4-2-1-3-23(20)25)27(33)31-12-11-17-5-6-19(26(32)30-34)13-21(17)16-31/h1-10,13-15,29,34H,11-12,16H2,(H,30,32). The van der Waals surface area contributed by atoms with Gasteiger partial charge in [0.05, 0.1) is 0 Å². The minimum Gasteiger partial charge on any atom is -0.361 e. The summed E-state index contributed by atoms with van der Waals surface area (Å²) in [5.74, 6) is -1.15. The number of nitrogens with one attached hydrogen (secondary N) is 2. The first-order valence-electron chi connectivity index (χ1n) is 10.9. The molecule has 0 spiro atoms. The van der Waals surface area contributed by atoms with Crippen molar-refractivity contribution in [1.29, 1.82) is 0 Å². The van der Waals surface area contributed by atoms with E-state index >= 15 is 0 Å². The number of H-pyrrole nitrogens is 1. The Labute approximate surface area is 195 Å². The number of aromatic amines is 1. The fourth-order valence-corrected chi connectivity index (χ4v) is 4.37. The highest BCUT2D eigenvalue weighted by Gasteiger charge is 2.25. The van der Waals surface area contributed by atoms with Crippen molar-refractivity contribution in [3.05, 3.63) is 107 Å². The second kappa shape index (κ2) is 8.96. The third kappa shape index (κ3) is 4.09. The first kappa shape index (κ1) is 21.6. The number of para-hydroxylation sites is 1. The van der Waals surface area contributed by atoms with E-state index in [-0.39, 0.29) is 11.7 Å². The Morgan fingerprint density at radius 2 is 1.76 bits per heavy atom. The summed E-state index contributed by atoms with van der Waals surface area (Å²) in [6.45, 7) is 0.844. The molecule has 3 N–H and O–H groups in total. The van der Waals surface area contributed by atoms with E-state index in [0.717, 1.165) is 27.6 Å². The first-order valence-corrected chi connectivity index (χ1v) is 10.9. The van der Waals surface area contributed by atoms with Crippen molar-refractivity contribution in [3.63, 3.8) is 0 Å². The summed E-state index contributed by atoms with van der Waals surface area (Å²) in [4.78, 5) is 30.6. The second-order valence-corrected chi connectivity index (χ2v) is 8.26. The van der Waals surface area contributed by atoms with E-state index in [1.165, 1.54) is 12.1 Å². The Morgan fingerprint density at radius 3 is 2.56 bits per heavy atom. The molecule has 3 aromatic carbocycles. The number of amides is 2. The molecular weight excluding hydrogens is 433 g/mol. The van der Waals surface area contributed by atoms with Crippen LogP contribution < -0.4 is 5.48 Å². The van der Waals surface area contributed by atoms with Crippen molar-refractivity contribution in [2.45, 2.75) is 13.0 Å². The number of rotatable bonds is 4. The van der Waals surface area contributed by atoms with Gasteiger partial charge in [0.15, 0.2) is 0 Å². The van der Waals surface area contributed by atoms with Crippen LogP contribution in [0, 0.1) is 5.82 Å². The monoisotopic (exact) mass is 455 g/mol. The highest BCUT2D eigenvalue weighted by atomic mass is 19.1. The average molecular weight is 455 g/mol. The smallest absolute Gasteiger partial charge is 0.274 e. The average Bonchev–Trinajstić information content (AvgIpc) is 3.29. The Bertz CT molecular complexity index is 1420. The molecule has 170 valence electrons. The van der Waals surface area contributed by atoms with Gasteiger partial charge < -0.3 is 9.88 Å². The molecule has 1 aromatic heterocycles. The summed E-state index contributed by atoms with van der Waals surface area (Å²) in [5, 5.41) is 9.93. The third-order valence-corrected chi connectivity index (χ3v) is 6.18. The molecular formula is C27H22FN3O3. The van der Waals surface area contributed by atoms with Gasteiger partial charge in [0.25, 0.3) is 11.8 Å². The van der Waals surface area contributed by atoms with Gasteiger partial charge in [-0.1, -0.05) is 36.4 Å². The Balaban J connectivity index is 1.53. The number of hydrogen-bond donors (Lipinski definition) is 3. The number of nitrogens with zero attached hydrogens (tertiary/aromatic N) is 1. The second-order valence-electron chi connectivity index (χ2n) is 8.26. The predicted octanol–water partition coefficient (Wildman–Crippen LogP) is 4.55. The lowest BCUT2D eigenvalue weighted by atomic mass is 9.95. The van der Waals surface area contributed by atoms with Gasteiger partial charge in [0.2, 0.25) is 0 Å². The van der Waals surface area contributed by atoms with E-state index in [4.69, 9.17) is 5.21 Å². The lowest BCUT2D eigenvalue weighted by Gasteiger charge is -2.30. The van der Waals surface area contributed by atoms with Crippen LogP contribution in [0.15, 0.2) is 72.9 Å². The first-order chi connectivity index (χ1) is 16.5. The molecule has 0 radical (unpaired) electrons. The fourth-order valence-electron chi connectivity index (χ4n) is 4.37. The zero-order chi connectivity index (χ0) is 23.7. The highest BCUT2D eigenvalue weighted by molar-refractivity contribution is 6.25. The number of carbonyl (C=O) groups is 2. The van der Waals surface area contributed by atoms with Gasteiger partial charge in [0.1, 0.15) is 5.82 Å². The maximum absolute atomic E-state index is 13.8. The maximum atomic E-state index is 13.8. The van der Waals surface area contributed by atoms with Gasteiger partial charge in [-0.2, -0.15) is 0 Å². The van der Waals surface area contributed by atoms with Crippen LogP contribution >= 0.6 is 0 Å². The maximum Gasteiger partial charge on any atom is 0.274 e. The van der Waals surface area contributed by atoms with E-state index in [9.17, 15) is 14.0 Å². The summed E-state index contributed by atoms with van der Waals surface area (Å²) < 4.78 is 13.6. The van der Waals surface area contributed by atoms with Crippen LogP contribution in [0.4, 0.5) is 4.39 Å². The van der Waals surface area contributed by atoms with E-state index in [1.807, 2.05) is 42.6 Å². The number of benzene rings is 3. The van der Waals surface area contributed by atoms with Crippen LogP contribution in [0.2, 0.25) is 0 Å². The van der Waals surface area contributed by atoms with Gasteiger partial charge in [-0.05, 0) is 59.5 Å². The molecule has 1 aliphatic rings. The Morgan fingerprint density at radius 1 is 1.00 bits per heavy atom. The Kier molecular flexibility index (Phi) is 5.69. The van der Waals surface area contributed by atoms with Crippen molar-refractivity contribution in [2.24, 2.45) is 0 Å². The van der Waals surface area contributed by atoms with Crippen LogP contribution in [-0.4, -0.2) is 33.5 Å². The summed E-state index contributed by atoms with van der Waals surface area (Å²) in [7, 11) is 0. The molecule has 34 heavy (non-hydrogen) atoms. The number of carbonyl (C=O) groups excluding carboxylic acids is 2. The van der Waals surface area contributed by atoms with Gasteiger partial charge in [-0.25, -0.2) is 9.87 Å². The van der Waals surface area contributed by atoms with E-state index in [2.05, 4.69) is 4.98 Å². The molecule has 6 nitrogen and oxygen atoms in total. The minimum atomic E-state index is -0.600. The molecule has 5 rings (SSSR count). The van der Waals surface area contributed by atoms with E-state index in [1.54, 1.807) is 34.6 Å². The van der Waals surface area contributed by atoms with Crippen molar-refractivity contribution in [3.8, 4) is 0 Å².